The molecule has 3 nitrogen and oxygen atoms in total. The molecule has 2 aromatic heterocycles. The highest BCUT2D eigenvalue weighted by Crippen LogP contribution is 2.11. The second kappa shape index (κ2) is 6.21. The molecule has 0 N–H and O–H groups in total. The van der Waals surface area contributed by atoms with E-state index in [0.717, 1.165) is 12.8 Å². The van der Waals surface area contributed by atoms with Crippen molar-refractivity contribution in [1.29, 1.82) is 0 Å². The van der Waals surface area contributed by atoms with Crippen LogP contribution in [0.5, 0.6) is 5.88 Å². The predicted octanol–water partition coefficient (Wildman–Crippen LogP) is 3.14. The molecule has 0 unspecified atom stereocenters. The predicted molar refractivity (Wildman–Crippen MR) is 67.3 cm³/mol. The Bertz CT molecular complexity index is 462. The number of aromatic nitrogens is 2. The largest absolute Gasteiger partial charge is 0.478 e. The van der Waals surface area contributed by atoms with Gasteiger partial charge in [0.1, 0.15) is 5.15 Å². The molecule has 0 bridgehead atoms. The van der Waals surface area contributed by atoms with Crippen LogP contribution in [0.1, 0.15) is 12.0 Å². The summed E-state index contributed by atoms with van der Waals surface area (Å²) in [6.07, 6.45) is 5.52. The molecule has 0 atom stereocenters. The first-order valence-electron chi connectivity index (χ1n) is 5.49. The van der Waals surface area contributed by atoms with Crippen molar-refractivity contribution in [3.8, 4) is 5.88 Å². The Morgan fingerprint density at radius 2 is 1.94 bits per heavy atom. The normalized spacial score (nSPS) is 10.2. The van der Waals surface area contributed by atoms with E-state index in [1.165, 1.54) is 5.56 Å². The van der Waals surface area contributed by atoms with E-state index in [9.17, 15) is 0 Å². The Morgan fingerprint density at radius 3 is 2.71 bits per heavy atom. The monoisotopic (exact) mass is 248 g/mol. The highest BCUT2D eigenvalue weighted by molar-refractivity contribution is 6.29. The van der Waals surface area contributed by atoms with Crippen molar-refractivity contribution >= 4 is 11.6 Å². The van der Waals surface area contributed by atoms with Gasteiger partial charge in [-0.05, 0) is 36.6 Å². The van der Waals surface area contributed by atoms with E-state index < -0.39 is 0 Å². The number of hydrogen-bond donors (Lipinski definition) is 0. The van der Waals surface area contributed by atoms with Gasteiger partial charge < -0.3 is 4.74 Å². The number of aryl methyl sites for hydroxylation is 1. The Balaban J connectivity index is 1.73. The van der Waals surface area contributed by atoms with Crippen molar-refractivity contribution in [3.05, 3.63) is 53.4 Å². The summed E-state index contributed by atoms with van der Waals surface area (Å²) >= 11 is 5.76. The van der Waals surface area contributed by atoms with Gasteiger partial charge in [0, 0.05) is 18.5 Å². The summed E-state index contributed by atoms with van der Waals surface area (Å²) in [5, 5.41) is 0.455. The molecule has 0 fully saturated rings. The van der Waals surface area contributed by atoms with E-state index in [0.29, 0.717) is 17.6 Å². The van der Waals surface area contributed by atoms with E-state index in [1.54, 1.807) is 24.5 Å². The molecule has 0 spiro atoms. The van der Waals surface area contributed by atoms with Crippen LogP contribution in [0.15, 0.2) is 42.7 Å². The number of halogens is 1. The fraction of sp³-hybridized carbons (Fsp3) is 0.231. The summed E-state index contributed by atoms with van der Waals surface area (Å²) in [4.78, 5) is 8.03. The van der Waals surface area contributed by atoms with Crippen LogP contribution < -0.4 is 4.74 Å². The molecule has 4 heteroatoms. The van der Waals surface area contributed by atoms with Gasteiger partial charge in [-0.2, -0.15) is 0 Å². The number of hydrogen-bond acceptors (Lipinski definition) is 3. The van der Waals surface area contributed by atoms with Gasteiger partial charge in [-0.25, -0.2) is 4.98 Å². The Kier molecular flexibility index (Phi) is 4.33. The van der Waals surface area contributed by atoms with Crippen LogP contribution in [0.2, 0.25) is 5.15 Å². The van der Waals surface area contributed by atoms with Crippen LogP contribution in [0.4, 0.5) is 0 Å². The van der Waals surface area contributed by atoms with E-state index in [1.807, 2.05) is 18.2 Å². The lowest BCUT2D eigenvalue weighted by Crippen LogP contribution is -2.00. The average Bonchev–Trinajstić information content (AvgIpc) is 2.36. The summed E-state index contributed by atoms with van der Waals surface area (Å²) in [6, 6.07) is 9.38. The van der Waals surface area contributed by atoms with Crippen molar-refractivity contribution in [3.63, 3.8) is 0 Å². The van der Waals surface area contributed by atoms with Crippen LogP contribution in [0.3, 0.4) is 0 Å². The van der Waals surface area contributed by atoms with Crippen LogP contribution in [0.25, 0.3) is 0 Å². The van der Waals surface area contributed by atoms with Gasteiger partial charge in [0.05, 0.1) is 6.61 Å². The Labute approximate surface area is 105 Å². The highest BCUT2D eigenvalue weighted by atomic mass is 35.5. The zero-order chi connectivity index (χ0) is 11.9. The van der Waals surface area contributed by atoms with Crippen molar-refractivity contribution < 1.29 is 4.74 Å². The van der Waals surface area contributed by atoms with Crippen molar-refractivity contribution in [2.45, 2.75) is 12.8 Å². The van der Waals surface area contributed by atoms with E-state index in [-0.39, 0.29) is 0 Å². The molecule has 0 aliphatic rings. The first kappa shape index (κ1) is 11.9. The van der Waals surface area contributed by atoms with Gasteiger partial charge in [0.25, 0.3) is 0 Å². The molecule has 17 heavy (non-hydrogen) atoms. The number of nitrogens with zero attached hydrogens (tertiary/aromatic N) is 2. The molecule has 0 saturated heterocycles. The number of rotatable bonds is 5. The summed E-state index contributed by atoms with van der Waals surface area (Å²) in [7, 11) is 0. The number of ether oxygens (including phenoxy) is 1. The van der Waals surface area contributed by atoms with Gasteiger partial charge in [0.2, 0.25) is 5.88 Å². The summed E-state index contributed by atoms with van der Waals surface area (Å²) < 4.78 is 5.50. The molecular weight excluding hydrogens is 236 g/mol. The van der Waals surface area contributed by atoms with Crippen LogP contribution in [-0.2, 0) is 6.42 Å². The van der Waals surface area contributed by atoms with Crippen LogP contribution in [0, 0.1) is 0 Å². The average molecular weight is 249 g/mol. The van der Waals surface area contributed by atoms with Gasteiger partial charge in [-0.3, -0.25) is 4.98 Å². The third kappa shape index (κ3) is 4.04. The molecule has 88 valence electrons. The fourth-order valence-electron chi connectivity index (χ4n) is 1.47. The van der Waals surface area contributed by atoms with Crippen molar-refractivity contribution in [2.24, 2.45) is 0 Å². The van der Waals surface area contributed by atoms with Crippen molar-refractivity contribution in [2.75, 3.05) is 6.61 Å². The maximum absolute atomic E-state index is 5.76. The molecule has 0 saturated carbocycles. The Hall–Kier alpha value is -1.61. The van der Waals surface area contributed by atoms with Gasteiger partial charge in [0.15, 0.2) is 0 Å². The lowest BCUT2D eigenvalue weighted by molar-refractivity contribution is 0.299. The fourth-order valence-corrected chi connectivity index (χ4v) is 1.63. The minimum absolute atomic E-state index is 0.455. The maximum Gasteiger partial charge on any atom is 0.214 e. The van der Waals surface area contributed by atoms with E-state index >= 15 is 0 Å². The second-order valence-corrected chi connectivity index (χ2v) is 3.99. The van der Waals surface area contributed by atoms with E-state index in [2.05, 4.69) is 9.97 Å². The zero-order valence-electron chi connectivity index (χ0n) is 9.34. The SMILES string of the molecule is Clc1cccc(OCCCc2ccncc2)n1. The Morgan fingerprint density at radius 1 is 1.12 bits per heavy atom. The molecular formula is C13H13ClN2O. The molecule has 0 aliphatic carbocycles. The second-order valence-electron chi connectivity index (χ2n) is 3.61. The van der Waals surface area contributed by atoms with Gasteiger partial charge >= 0.3 is 0 Å². The van der Waals surface area contributed by atoms with Crippen LogP contribution in [-0.4, -0.2) is 16.6 Å². The first-order valence-corrected chi connectivity index (χ1v) is 5.86. The van der Waals surface area contributed by atoms with E-state index in [4.69, 9.17) is 16.3 Å². The lowest BCUT2D eigenvalue weighted by atomic mass is 10.1. The third-order valence-corrected chi connectivity index (χ3v) is 2.51. The summed E-state index contributed by atoms with van der Waals surface area (Å²) in [5.41, 5.74) is 1.27. The third-order valence-electron chi connectivity index (χ3n) is 2.30. The molecule has 2 heterocycles. The quantitative estimate of drug-likeness (QED) is 0.602. The minimum atomic E-state index is 0.455. The standard InChI is InChI=1S/C13H13ClN2O/c14-12-4-1-5-13(16-12)17-10-2-3-11-6-8-15-9-7-11/h1,4-9H,2-3,10H2. The molecule has 0 aromatic carbocycles. The van der Waals surface area contributed by atoms with Gasteiger partial charge in [-0.15, -0.1) is 0 Å². The molecule has 0 amide bonds. The molecule has 0 aliphatic heterocycles. The molecule has 0 radical (unpaired) electrons. The lowest BCUT2D eigenvalue weighted by Gasteiger charge is -2.05. The minimum Gasteiger partial charge on any atom is -0.478 e. The van der Waals surface area contributed by atoms with Crippen molar-refractivity contribution in [1.82, 2.24) is 9.97 Å². The smallest absolute Gasteiger partial charge is 0.214 e. The first-order chi connectivity index (χ1) is 8.34. The summed E-state index contributed by atoms with van der Waals surface area (Å²) in [5.74, 6) is 0.576. The number of pyridine rings is 2. The zero-order valence-corrected chi connectivity index (χ0v) is 10.1. The van der Waals surface area contributed by atoms with Gasteiger partial charge in [-0.1, -0.05) is 17.7 Å². The topological polar surface area (TPSA) is 35.0 Å². The summed E-state index contributed by atoms with van der Waals surface area (Å²) in [6.45, 7) is 0.635. The van der Waals surface area contributed by atoms with Crippen LogP contribution >= 0.6 is 11.6 Å². The molecule has 2 rings (SSSR count). The molecule has 2 aromatic rings. The highest BCUT2D eigenvalue weighted by Gasteiger charge is 1.97. The maximum atomic E-state index is 5.76.